The van der Waals surface area contributed by atoms with Gasteiger partial charge in [-0.1, -0.05) is 18.2 Å². The van der Waals surface area contributed by atoms with Crippen molar-refractivity contribution in [2.24, 2.45) is 0 Å². The first-order valence-corrected chi connectivity index (χ1v) is 10.8. The molecular formula is C21H18N4O5S. The number of nitrogens with zero attached hydrogens (tertiary/aromatic N) is 2. The van der Waals surface area contributed by atoms with E-state index in [1.54, 1.807) is 42.5 Å². The maximum Gasteiger partial charge on any atom is 0.414 e. The Morgan fingerprint density at radius 3 is 2.42 bits per heavy atom. The molecule has 0 spiro atoms. The number of pyridine rings is 1. The van der Waals surface area contributed by atoms with E-state index in [0.717, 1.165) is 0 Å². The molecular weight excluding hydrogens is 420 g/mol. The summed E-state index contributed by atoms with van der Waals surface area (Å²) in [6, 6.07) is 17.3. The topological polar surface area (TPSA) is 118 Å². The lowest BCUT2D eigenvalue weighted by molar-refractivity contribution is 0.102. The van der Waals surface area contributed by atoms with Gasteiger partial charge >= 0.3 is 6.09 Å². The summed E-state index contributed by atoms with van der Waals surface area (Å²) in [7, 11) is -3.93. The number of ether oxygens (including phenoxy) is 1. The van der Waals surface area contributed by atoms with Crippen LogP contribution in [0.2, 0.25) is 0 Å². The lowest BCUT2D eigenvalue weighted by Gasteiger charge is -2.18. The molecule has 0 unspecified atom stereocenters. The highest BCUT2D eigenvalue weighted by Gasteiger charge is 2.27. The van der Waals surface area contributed by atoms with Gasteiger partial charge < -0.3 is 10.1 Å². The molecule has 10 heteroatoms. The molecule has 1 fully saturated rings. The summed E-state index contributed by atoms with van der Waals surface area (Å²) in [5.74, 6) is -0.402. The molecule has 1 aliphatic rings. The number of aromatic nitrogens is 1. The summed E-state index contributed by atoms with van der Waals surface area (Å²) >= 11 is 0. The summed E-state index contributed by atoms with van der Waals surface area (Å²) in [6.45, 7) is 0.577. The van der Waals surface area contributed by atoms with Gasteiger partial charge in [-0.25, -0.2) is 13.2 Å². The monoisotopic (exact) mass is 438 g/mol. The summed E-state index contributed by atoms with van der Waals surface area (Å²) in [5.41, 5.74) is 1.34. The van der Waals surface area contributed by atoms with Crippen LogP contribution in [0.1, 0.15) is 10.5 Å². The number of benzene rings is 2. The van der Waals surface area contributed by atoms with Gasteiger partial charge in [0.2, 0.25) is 0 Å². The highest BCUT2D eigenvalue weighted by Crippen LogP contribution is 2.30. The Hall–Kier alpha value is -3.92. The van der Waals surface area contributed by atoms with Gasteiger partial charge in [-0.15, -0.1) is 0 Å². The van der Waals surface area contributed by atoms with Crippen LogP contribution in [0.4, 0.5) is 21.9 Å². The number of anilines is 3. The van der Waals surface area contributed by atoms with E-state index in [0.29, 0.717) is 17.9 Å². The molecule has 2 heterocycles. The van der Waals surface area contributed by atoms with E-state index in [1.165, 1.54) is 35.4 Å². The number of cyclic esters (lactones) is 1. The molecule has 2 amide bonds. The Morgan fingerprint density at radius 1 is 1.00 bits per heavy atom. The number of carbonyl (C=O) groups is 2. The first kappa shape index (κ1) is 20.4. The van der Waals surface area contributed by atoms with Gasteiger partial charge in [-0.3, -0.25) is 19.4 Å². The minimum absolute atomic E-state index is 0.00198. The first-order chi connectivity index (χ1) is 14.9. The molecule has 1 aromatic heterocycles. The van der Waals surface area contributed by atoms with Crippen LogP contribution in [0.3, 0.4) is 0 Å². The molecule has 0 atom stereocenters. The van der Waals surface area contributed by atoms with Crippen LogP contribution in [0, 0.1) is 0 Å². The molecule has 0 radical (unpaired) electrons. The highest BCUT2D eigenvalue weighted by molar-refractivity contribution is 7.92. The molecule has 2 aromatic carbocycles. The van der Waals surface area contributed by atoms with Crippen molar-refractivity contribution in [2.75, 3.05) is 28.1 Å². The van der Waals surface area contributed by atoms with Crippen LogP contribution < -0.4 is 14.9 Å². The number of carbonyl (C=O) groups excluding carboxylic acids is 2. The number of nitrogens with one attached hydrogen (secondary N) is 2. The summed E-state index contributed by atoms with van der Waals surface area (Å²) in [5, 5.41) is 2.66. The fourth-order valence-electron chi connectivity index (χ4n) is 3.02. The third kappa shape index (κ3) is 4.48. The van der Waals surface area contributed by atoms with Crippen molar-refractivity contribution < 1.29 is 22.7 Å². The molecule has 0 saturated carbocycles. The standard InChI is InChI=1S/C21H18N4O5S/c26-20(18-6-3-4-12-22-18)23-15-8-10-16(11-9-15)31(28,29)24-17-5-1-2-7-19(17)25-13-14-30-21(25)27/h1-12,24H,13-14H2,(H,23,26). The quantitative estimate of drug-likeness (QED) is 0.611. The smallest absolute Gasteiger partial charge is 0.414 e. The Labute approximate surface area is 178 Å². The van der Waals surface area contributed by atoms with Gasteiger partial charge in [0.1, 0.15) is 12.3 Å². The maximum absolute atomic E-state index is 12.9. The van der Waals surface area contributed by atoms with Gasteiger partial charge in [0.15, 0.2) is 0 Å². The van der Waals surface area contributed by atoms with Crippen molar-refractivity contribution in [3.63, 3.8) is 0 Å². The van der Waals surface area contributed by atoms with Gasteiger partial charge in [0.25, 0.3) is 15.9 Å². The van der Waals surface area contributed by atoms with Crippen LogP contribution >= 0.6 is 0 Å². The second-order valence-corrected chi connectivity index (χ2v) is 8.26. The van der Waals surface area contributed by atoms with Crippen LogP contribution in [-0.2, 0) is 14.8 Å². The average Bonchev–Trinajstić information content (AvgIpc) is 3.20. The Kier molecular flexibility index (Phi) is 5.54. The molecule has 1 aliphatic heterocycles. The van der Waals surface area contributed by atoms with Crippen molar-refractivity contribution in [1.82, 2.24) is 4.98 Å². The van der Waals surface area contributed by atoms with Crippen molar-refractivity contribution in [2.45, 2.75) is 4.90 Å². The third-order valence-electron chi connectivity index (χ3n) is 4.52. The van der Waals surface area contributed by atoms with E-state index < -0.39 is 22.0 Å². The second kappa shape index (κ2) is 8.44. The van der Waals surface area contributed by atoms with E-state index in [2.05, 4.69) is 15.0 Å². The van der Waals surface area contributed by atoms with Crippen molar-refractivity contribution in [3.8, 4) is 0 Å². The molecule has 1 saturated heterocycles. The van der Waals surface area contributed by atoms with Crippen LogP contribution in [0.5, 0.6) is 0 Å². The van der Waals surface area contributed by atoms with Crippen LogP contribution in [0.15, 0.2) is 77.8 Å². The summed E-state index contributed by atoms with van der Waals surface area (Å²) in [4.78, 5) is 29.4. The largest absolute Gasteiger partial charge is 0.447 e. The van der Waals surface area contributed by atoms with Crippen molar-refractivity contribution in [3.05, 3.63) is 78.6 Å². The molecule has 0 aliphatic carbocycles. The van der Waals surface area contributed by atoms with E-state index in [9.17, 15) is 18.0 Å². The Bertz CT molecular complexity index is 1210. The molecule has 0 bridgehead atoms. The maximum atomic E-state index is 12.9. The predicted octanol–water partition coefficient (Wildman–Crippen LogP) is 3.09. The number of para-hydroxylation sites is 2. The second-order valence-electron chi connectivity index (χ2n) is 6.58. The van der Waals surface area contributed by atoms with Crippen molar-refractivity contribution in [1.29, 1.82) is 0 Å². The number of hydrogen-bond donors (Lipinski definition) is 2. The Balaban J connectivity index is 1.51. The normalized spacial score (nSPS) is 13.5. The van der Waals surface area contributed by atoms with Crippen LogP contribution in [0.25, 0.3) is 0 Å². The lowest BCUT2D eigenvalue weighted by atomic mass is 10.2. The minimum atomic E-state index is -3.93. The SMILES string of the molecule is O=C(Nc1ccc(S(=O)(=O)Nc2ccccc2N2CCOC2=O)cc1)c1ccccn1. The predicted molar refractivity (Wildman–Crippen MR) is 115 cm³/mol. The average molecular weight is 438 g/mol. The first-order valence-electron chi connectivity index (χ1n) is 9.33. The van der Waals surface area contributed by atoms with E-state index in [4.69, 9.17) is 4.74 Å². The fraction of sp³-hybridized carbons (Fsp3) is 0.0952. The molecule has 3 aromatic rings. The Morgan fingerprint density at radius 2 is 1.74 bits per heavy atom. The van der Waals surface area contributed by atoms with Crippen LogP contribution in [-0.4, -0.2) is 38.6 Å². The zero-order valence-electron chi connectivity index (χ0n) is 16.2. The molecule has 9 nitrogen and oxygen atoms in total. The number of amides is 2. The summed E-state index contributed by atoms with van der Waals surface area (Å²) in [6.07, 6.45) is 0.982. The molecule has 2 N–H and O–H groups in total. The fourth-order valence-corrected chi connectivity index (χ4v) is 4.10. The third-order valence-corrected chi connectivity index (χ3v) is 5.90. The number of rotatable bonds is 6. The van der Waals surface area contributed by atoms with E-state index >= 15 is 0 Å². The van der Waals surface area contributed by atoms with Crippen molar-refractivity contribution >= 4 is 39.1 Å². The minimum Gasteiger partial charge on any atom is -0.447 e. The lowest BCUT2D eigenvalue weighted by Crippen LogP contribution is -2.25. The van der Waals surface area contributed by atoms with Gasteiger partial charge in [-0.05, 0) is 48.5 Å². The number of sulfonamides is 1. The van der Waals surface area contributed by atoms with Gasteiger partial charge in [0, 0.05) is 11.9 Å². The molecule has 31 heavy (non-hydrogen) atoms. The summed E-state index contributed by atoms with van der Waals surface area (Å²) < 4.78 is 33.2. The van der Waals surface area contributed by atoms with E-state index in [1.807, 2.05) is 0 Å². The molecule has 158 valence electrons. The highest BCUT2D eigenvalue weighted by atomic mass is 32.2. The zero-order valence-corrected chi connectivity index (χ0v) is 17.0. The van der Waals surface area contributed by atoms with Gasteiger partial charge in [0.05, 0.1) is 22.8 Å². The number of hydrogen-bond acceptors (Lipinski definition) is 6. The molecule has 4 rings (SSSR count). The van der Waals surface area contributed by atoms with E-state index in [-0.39, 0.29) is 22.9 Å². The zero-order chi connectivity index (χ0) is 21.8. The van der Waals surface area contributed by atoms with Gasteiger partial charge in [-0.2, -0.15) is 0 Å².